The van der Waals surface area contributed by atoms with Gasteiger partial charge in [0.2, 0.25) is 28.9 Å². The molecule has 0 aromatic heterocycles. The lowest BCUT2D eigenvalue weighted by Crippen LogP contribution is -2.73. The van der Waals surface area contributed by atoms with Gasteiger partial charge in [-0.3, -0.25) is 0 Å². The minimum absolute atomic E-state index is 0. The molecule has 110 heteroatoms. The molecule has 8 rings (SSSR count). The summed E-state index contributed by atoms with van der Waals surface area (Å²) in [5.74, 6) is -3.82. The number of rotatable bonds is 4. The van der Waals surface area contributed by atoms with Crippen LogP contribution in [0.25, 0.3) is 0 Å². The minimum atomic E-state index is -2.80. The van der Waals surface area contributed by atoms with E-state index in [4.69, 9.17) is 177 Å². The summed E-state index contributed by atoms with van der Waals surface area (Å²) in [6.07, 6.45) is 0. The van der Waals surface area contributed by atoms with E-state index in [0.29, 0.717) is 142 Å². The fraction of sp³-hybridized carbons (Fsp3) is 1.00. The fourth-order valence-electron chi connectivity index (χ4n) is 14.7. The highest BCUT2D eigenvalue weighted by Crippen LogP contribution is 2.43. The van der Waals surface area contributed by atoms with Gasteiger partial charge < -0.3 is 0 Å². The smallest absolute Gasteiger partial charge is 0.175 e. The van der Waals surface area contributed by atoms with E-state index < -0.39 is 45.8 Å². The van der Waals surface area contributed by atoms with Gasteiger partial charge in [-0.05, 0) is 123 Å². The van der Waals surface area contributed by atoms with Gasteiger partial charge in [0.1, 0.15) is 0 Å². The second-order valence-corrected chi connectivity index (χ2v) is 520. The van der Waals surface area contributed by atoms with E-state index in [-0.39, 0.29) is 292 Å². The quantitative estimate of drug-likeness (QED) is 0.196. The van der Waals surface area contributed by atoms with Crippen molar-refractivity contribution in [3.8, 4) is 0 Å². The zero-order chi connectivity index (χ0) is 108. The van der Waals surface area contributed by atoms with Crippen LogP contribution in [0.1, 0.15) is 134 Å². The fourth-order valence-corrected chi connectivity index (χ4v) is 1530. The van der Waals surface area contributed by atoms with Crippen molar-refractivity contribution in [2.45, 2.75) is 252 Å². The molecule has 0 spiro atoms. The van der Waals surface area contributed by atoms with Gasteiger partial charge in [-0.25, -0.2) is 0 Å². The lowest BCUT2D eigenvalue weighted by atomic mass is 10.9. The van der Waals surface area contributed by atoms with Crippen LogP contribution in [0.4, 0.5) is 0 Å². The average Bonchev–Trinajstić information content (AvgIpc) is 0.807. The predicted octanol–water partition coefficient (Wildman–Crippen LogP) is 8.44. The summed E-state index contributed by atoms with van der Waals surface area (Å²) in [7, 11) is 175. The van der Waals surface area contributed by atoms with Gasteiger partial charge in [0.15, 0.2) is 5.94 Å². The first-order valence-electron chi connectivity index (χ1n) is 41.0. The van der Waals surface area contributed by atoms with E-state index in [2.05, 4.69) is 443 Å². The summed E-state index contributed by atoms with van der Waals surface area (Å²) in [6, 6.07) is 5.96. The Morgan fingerprint density at radius 1 is 0.257 bits per heavy atom. The molecule has 0 aliphatic carbocycles. The highest BCUT2D eigenvalue weighted by atomic mass is 36.5. The third kappa shape index (κ3) is 166. The maximum absolute atomic E-state index is 6.78. The van der Waals surface area contributed by atoms with Crippen molar-refractivity contribution in [2.24, 2.45) is 0 Å². The molecule has 0 radical (unpaired) electrons. The van der Waals surface area contributed by atoms with Crippen LogP contribution >= 0.6 is 568 Å². The summed E-state index contributed by atoms with van der Waals surface area (Å²) in [5.41, 5.74) is -9.19. The Bertz CT molecular complexity index is 2010. The van der Waals surface area contributed by atoms with Crippen LogP contribution in [0.5, 0.6) is 0 Å². The predicted molar refractivity (Wildman–Crippen MR) is 994 cm³/mol. The lowest BCUT2D eigenvalue weighted by Gasteiger charge is -2.38. The maximum atomic E-state index is 6.78. The molecule has 0 nitrogen and oxygen atoms in total. The lowest BCUT2D eigenvalue weighted by molar-refractivity contribution is 1.24. The van der Waals surface area contributed by atoms with E-state index in [9.17, 15) is 0 Å². The molecule has 8 aliphatic heterocycles. The standard InChI is InChI=1S/C5H28Si9.C4H24Si8.C3H22Si8.C2H12Cl6Si7.C2H12Cl4Si6.C2H18Si7.CH12Cl4Si7.CH12Cl2Si6.18CH4.18Cl2/c1-8-14(3)12-10-5(7)4(6)9-11-13(14)2;1-11-9-7-3(5)4(6)8-10-12(11)2;1-5-11(2)9-7-3(4)6-8-10-11;3-13(4,5)15(8)12-10-2-1-9-11-14(15,6)7;3-11(4)9-7-1-2-8-10-12(11,5)6;1-9-7-5-2(3)4-6-8-9;2-11(3,4)12(5)9-7-1-6-8-10-12;2-9(3)7-5-1-4-6-8-9;;;;;;;;;;;;;;;;;;;18*1-2/h4-5,13H,8-12H2,1-3,6-7H3;3-4,11-12H,7-10H2,1-2,5-6H3;3H,5-10H2,1-2,4H3;1-2,9-12H2;1-2,7-10H2;2,9H,4-8H2,1,3H3;1,6-10H2;1,4-8H2;18*1H4;;;;;;;;;;;;;;;;;;. The van der Waals surface area contributed by atoms with Crippen molar-refractivity contribution < 1.29 is 0 Å². The molecule has 8 heterocycles. The van der Waals surface area contributed by atoms with Crippen molar-refractivity contribution in [1.29, 1.82) is 0 Å². The van der Waals surface area contributed by atoms with E-state index in [0.717, 1.165) is 78.4 Å². The van der Waals surface area contributed by atoms with E-state index in [1.807, 2.05) is 0 Å². The molecule has 0 aromatic carbocycles. The summed E-state index contributed by atoms with van der Waals surface area (Å²) < 4.78 is 0. The molecule has 0 saturated carbocycles. The van der Waals surface area contributed by atoms with E-state index >= 15 is 0 Å². The number of hydrogen-bond acceptors (Lipinski definition) is 0. The SMILES string of the molecule is C.C.C.C.C.C.C.C.C.C.C.C.C.C.C.C.C.C.C[SiH2][Si]1(C)[SiH2][SiH2]C([SiH3])C([SiH3])[SiH2][SiH2][SiH]1C.C[SiH2][Si]1(C)[SiH2][SiH2][SiH2]C([SiH3])[SiH2][SiH2]1.C[SiH]1[SiH2][SiH2]C([SiH3])C([SiH3])[SiH2][SiH2][SiH]1C.C[SiH]1[SiH2][SiH2][SiH2]C([SiH3])[SiH2][SiH2]1.ClCl.ClCl.ClCl.ClCl.ClCl.ClCl.ClCl.ClCl.ClCl.ClCl.ClCl.ClCl.ClCl.ClCl.ClCl.ClCl.ClCl.ClCl.Cl[Si](Cl)(Cl)[Si]1(Cl)[SiH2][SiH2]CC[SiH2][SiH2][Si]1(Cl)Cl.Cl[Si](Cl)(Cl)[Si]1(Cl)[SiH2][SiH2]C[SiH2][SiH2][SiH2]1.Cl[Si]1(Cl)[SiH2][SiH2]CC[SiH2][SiH2][Si]1(Cl)Cl.Cl[Si]1(Cl)[SiH2][SiH2]C[SiH2][SiH2][SiH2]1. The molecule has 0 N–H and O–H groups in total. The van der Waals surface area contributed by atoms with Crippen molar-refractivity contribution in [2.75, 3.05) is 0 Å². The van der Waals surface area contributed by atoms with E-state index in [1.54, 1.807) is 82.4 Å². The summed E-state index contributed by atoms with van der Waals surface area (Å²) >= 11 is 102. The average molecular weight is 4140 g/mol. The summed E-state index contributed by atoms with van der Waals surface area (Å²) in [4.78, 5) is 3.24. The number of halogens is 52. The Morgan fingerprint density at radius 2 is 0.541 bits per heavy atom. The first-order valence-corrected chi connectivity index (χ1v) is 263. The van der Waals surface area contributed by atoms with Crippen LogP contribution in [-0.2, 0) is 0 Å². The van der Waals surface area contributed by atoms with Gasteiger partial charge in [0, 0.05) is 707 Å². The van der Waals surface area contributed by atoms with Crippen LogP contribution in [-0.4, -0.2) is 486 Å². The molecule has 960 valence electrons. The molecule has 8 aliphatic rings. The van der Waals surface area contributed by atoms with Crippen LogP contribution in [0.2, 0.25) is 118 Å². The zero-order valence-corrected chi connectivity index (χ0v) is 195. The molecule has 14 unspecified atom stereocenters. The van der Waals surface area contributed by atoms with Gasteiger partial charge >= 0.3 is 11.0 Å². The van der Waals surface area contributed by atoms with Crippen molar-refractivity contribution in [3.05, 3.63) is 0 Å². The molecule has 148 heavy (non-hydrogen) atoms. The van der Waals surface area contributed by atoms with Gasteiger partial charge in [-0.1, -0.05) is 252 Å². The van der Waals surface area contributed by atoms with Gasteiger partial charge in [0.25, 0.3) is 0 Å². The summed E-state index contributed by atoms with van der Waals surface area (Å²) in [5, 5.41) is 6.05. The maximum Gasteiger partial charge on any atom is 0.338 e. The van der Waals surface area contributed by atoms with Crippen molar-refractivity contribution in [1.82, 2.24) is 0 Å². The Balaban J connectivity index is -0.0000000268. The molecule has 14 atom stereocenters. The van der Waals surface area contributed by atoms with Crippen LogP contribution < -0.4 is 0 Å². The number of hydrogen-bond donors (Lipinski definition) is 0. The normalized spacial score (nSPS) is 30.2. The van der Waals surface area contributed by atoms with Gasteiger partial charge in [0.05, 0.1) is 0 Å². The Labute approximate surface area is 1280 Å². The molecule has 0 aromatic rings. The van der Waals surface area contributed by atoms with Crippen LogP contribution in [0.3, 0.4) is 0 Å². The van der Waals surface area contributed by atoms with Gasteiger partial charge in [-0.2, -0.15) is 111 Å². The largest absolute Gasteiger partial charge is 0.338 e. The molecule has 8 saturated heterocycles. The Morgan fingerprint density at radius 3 is 0.851 bits per heavy atom. The second kappa shape index (κ2) is 202. The highest BCUT2D eigenvalue weighted by molar-refractivity contribution is 8.28. The second-order valence-electron chi connectivity index (χ2n) is 32.9. The van der Waals surface area contributed by atoms with Gasteiger partial charge in [-0.15, -0.1) is 66.5 Å². The minimum Gasteiger partial charge on any atom is -0.175 e. The Kier molecular flexibility index (Phi) is 374. The molecule has 8 fully saturated rings. The zero-order valence-electron chi connectivity index (χ0n) is 75.5. The third-order valence-electron chi connectivity index (χ3n) is 24.7. The molecule has 0 amide bonds. The van der Waals surface area contributed by atoms with Crippen LogP contribution in [0.15, 0.2) is 0 Å². The first kappa shape index (κ1) is 275. The molecular weight excluding hydrogens is 3930 g/mol. The summed E-state index contributed by atoms with van der Waals surface area (Å²) in [6.45, 7) is 22.1. The van der Waals surface area contributed by atoms with Crippen LogP contribution in [0, 0.1) is 0 Å². The van der Waals surface area contributed by atoms with E-state index in [1.165, 1.54) is 44.8 Å². The monoisotopic (exact) mass is 4110 g/mol. The Hall–Kier alpha value is 27.7. The molecule has 0 bridgehead atoms. The first-order chi connectivity index (χ1) is 61.4. The third-order valence-corrected chi connectivity index (χ3v) is 1000. The highest BCUT2D eigenvalue weighted by Gasteiger charge is 2.66. The van der Waals surface area contributed by atoms with Crippen molar-refractivity contribution in [3.63, 3.8) is 0 Å². The molecular formula is C38H212Cl52Si58. The topological polar surface area (TPSA) is 0 Å². The van der Waals surface area contributed by atoms with Crippen molar-refractivity contribution >= 4 is 1050 Å².